The summed E-state index contributed by atoms with van der Waals surface area (Å²) in [4.78, 5) is 4.29. The molecule has 1 atom stereocenters. The lowest BCUT2D eigenvalue weighted by Crippen LogP contribution is -2.13. The van der Waals surface area contributed by atoms with Crippen LogP contribution in [0.3, 0.4) is 0 Å². The number of para-hydroxylation sites is 1. The molecule has 96 valence electrons. The van der Waals surface area contributed by atoms with E-state index in [4.69, 9.17) is 10.2 Å². The van der Waals surface area contributed by atoms with Gasteiger partial charge in [0.1, 0.15) is 11.3 Å². The van der Waals surface area contributed by atoms with Gasteiger partial charge < -0.3 is 10.2 Å². The first-order valence-electron chi connectivity index (χ1n) is 6.38. The molecule has 0 saturated carbocycles. The predicted molar refractivity (Wildman–Crippen MR) is 75.8 cm³/mol. The normalized spacial score (nSPS) is 12.7. The van der Waals surface area contributed by atoms with Gasteiger partial charge in [0.2, 0.25) is 0 Å². The number of hydrogen-bond donors (Lipinski definition) is 1. The summed E-state index contributed by atoms with van der Waals surface area (Å²) in [6.07, 6.45) is 2.46. The highest BCUT2D eigenvalue weighted by molar-refractivity contribution is 5.81. The SMILES string of the molecule is Cc1cccc2cc(C(N)Cc3ccccn3)oc12. The van der Waals surface area contributed by atoms with Crippen molar-refractivity contribution in [3.8, 4) is 0 Å². The Labute approximate surface area is 112 Å². The number of hydrogen-bond acceptors (Lipinski definition) is 3. The Hall–Kier alpha value is -2.13. The van der Waals surface area contributed by atoms with E-state index in [9.17, 15) is 0 Å². The quantitative estimate of drug-likeness (QED) is 0.777. The van der Waals surface area contributed by atoms with E-state index in [-0.39, 0.29) is 6.04 Å². The summed E-state index contributed by atoms with van der Waals surface area (Å²) in [7, 11) is 0. The zero-order valence-electron chi connectivity index (χ0n) is 10.8. The first-order chi connectivity index (χ1) is 9.24. The highest BCUT2D eigenvalue weighted by Gasteiger charge is 2.14. The molecule has 19 heavy (non-hydrogen) atoms. The fourth-order valence-corrected chi connectivity index (χ4v) is 2.26. The van der Waals surface area contributed by atoms with E-state index in [1.54, 1.807) is 6.20 Å². The maximum Gasteiger partial charge on any atom is 0.137 e. The van der Waals surface area contributed by atoms with E-state index in [0.29, 0.717) is 6.42 Å². The van der Waals surface area contributed by atoms with Gasteiger partial charge in [0.05, 0.1) is 6.04 Å². The molecule has 0 amide bonds. The molecule has 0 spiro atoms. The van der Waals surface area contributed by atoms with E-state index in [2.05, 4.69) is 4.98 Å². The van der Waals surface area contributed by atoms with Crippen LogP contribution in [-0.4, -0.2) is 4.98 Å². The van der Waals surface area contributed by atoms with Gasteiger partial charge >= 0.3 is 0 Å². The third-order valence-electron chi connectivity index (χ3n) is 3.28. The molecule has 3 rings (SSSR count). The average molecular weight is 252 g/mol. The molecule has 3 heteroatoms. The summed E-state index contributed by atoms with van der Waals surface area (Å²) in [5.41, 5.74) is 9.24. The summed E-state index contributed by atoms with van der Waals surface area (Å²) in [6, 6.07) is 13.8. The van der Waals surface area contributed by atoms with Crippen molar-refractivity contribution in [1.29, 1.82) is 0 Å². The van der Waals surface area contributed by atoms with Gasteiger partial charge in [-0.3, -0.25) is 4.98 Å². The second-order valence-corrected chi connectivity index (χ2v) is 4.77. The lowest BCUT2D eigenvalue weighted by atomic mass is 10.1. The average Bonchev–Trinajstić information content (AvgIpc) is 2.85. The molecule has 0 fully saturated rings. The number of aromatic nitrogens is 1. The number of rotatable bonds is 3. The Morgan fingerprint density at radius 3 is 2.84 bits per heavy atom. The van der Waals surface area contributed by atoms with Crippen molar-refractivity contribution < 1.29 is 4.42 Å². The first-order valence-corrected chi connectivity index (χ1v) is 6.38. The molecular formula is C16H16N2O. The minimum absolute atomic E-state index is 0.165. The van der Waals surface area contributed by atoms with Crippen LogP contribution < -0.4 is 5.73 Å². The van der Waals surface area contributed by atoms with Gasteiger partial charge in [0.15, 0.2) is 0 Å². The maximum absolute atomic E-state index is 6.21. The fraction of sp³-hybridized carbons (Fsp3) is 0.188. The van der Waals surface area contributed by atoms with Gasteiger partial charge in [-0.2, -0.15) is 0 Å². The molecule has 0 aliphatic heterocycles. The second kappa shape index (κ2) is 4.86. The minimum atomic E-state index is -0.165. The van der Waals surface area contributed by atoms with Crippen molar-refractivity contribution in [3.05, 3.63) is 65.7 Å². The molecule has 0 radical (unpaired) electrons. The lowest BCUT2D eigenvalue weighted by molar-refractivity contribution is 0.490. The van der Waals surface area contributed by atoms with Gasteiger partial charge in [-0.15, -0.1) is 0 Å². The molecule has 1 aromatic carbocycles. The van der Waals surface area contributed by atoms with Crippen LogP contribution in [0.1, 0.15) is 23.1 Å². The molecule has 0 saturated heterocycles. The largest absolute Gasteiger partial charge is 0.459 e. The van der Waals surface area contributed by atoms with Crippen molar-refractivity contribution in [1.82, 2.24) is 4.98 Å². The van der Waals surface area contributed by atoms with Gasteiger partial charge in [-0.05, 0) is 30.7 Å². The molecule has 0 aliphatic rings. The standard InChI is InChI=1S/C16H16N2O/c1-11-5-4-6-12-9-15(19-16(11)12)14(17)10-13-7-2-3-8-18-13/h2-9,14H,10,17H2,1H3. The number of pyridine rings is 1. The van der Waals surface area contributed by atoms with Crippen molar-refractivity contribution in [2.75, 3.05) is 0 Å². The number of furan rings is 1. The van der Waals surface area contributed by atoms with Gasteiger partial charge in [0.25, 0.3) is 0 Å². The van der Waals surface area contributed by atoms with Crippen LogP contribution >= 0.6 is 0 Å². The van der Waals surface area contributed by atoms with Crippen LogP contribution in [-0.2, 0) is 6.42 Å². The third-order valence-corrected chi connectivity index (χ3v) is 3.28. The van der Waals surface area contributed by atoms with Crippen LogP contribution in [0.2, 0.25) is 0 Å². The van der Waals surface area contributed by atoms with Crippen LogP contribution in [0, 0.1) is 6.92 Å². The zero-order chi connectivity index (χ0) is 13.2. The summed E-state index contributed by atoms with van der Waals surface area (Å²) >= 11 is 0. The van der Waals surface area contributed by atoms with Crippen molar-refractivity contribution in [2.24, 2.45) is 5.73 Å². The molecular weight excluding hydrogens is 236 g/mol. The van der Waals surface area contributed by atoms with E-state index in [1.165, 1.54) is 0 Å². The van der Waals surface area contributed by atoms with Crippen LogP contribution in [0.4, 0.5) is 0 Å². The summed E-state index contributed by atoms with van der Waals surface area (Å²) in [5.74, 6) is 0.815. The van der Waals surface area contributed by atoms with E-state index in [1.807, 2.05) is 49.4 Å². The third kappa shape index (κ3) is 2.37. The number of fused-ring (bicyclic) bond motifs is 1. The molecule has 2 heterocycles. The van der Waals surface area contributed by atoms with Gasteiger partial charge in [-0.1, -0.05) is 24.3 Å². The number of benzene rings is 1. The number of nitrogens with zero attached hydrogens (tertiary/aromatic N) is 1. The smallest absolute Gasteiger partial charge is 0.137 e. The highest BCUT2D eigenvalue weighted by Crippen LogP contribution is 2.26. The van der Waals surface area contributed by atoms with Crippen LogP contribution in [0.15, 0.2) is 53.1 Å². The molecule has 3 nitrogen and oxygen atoms in total. The minimum Gasteiger partial charge on any atom is -0.459 e. The topological polar surface area (TPSA) is 52.0 Å². The summed E-state index contributed by atoms with van der Waals surface area (Å²) in [6.45, 7) is 2.04. The summed E-state index contributed by atoms with van der Waals surface area (Å²) in [5, 5.41) is 1.10. The van der Waals surface area contributed by atoms with Gasteiger partial charge in [-0.25, -0.2) is 0 Å². The molecule has 2 aromatic heterocycles. The predicted octanol–water partition coefficient (Wildman–Crippen LogP) is 3.38. The Morgan fingerprint density at radius 1 is 1.21 bits per heavy atom. The first kappa shape index (κ1) is 11.9. The van der Waals surface area contributed by atoms with Crippen LogP contribution in [0.5, 0.6) is 0 Å². The Morgan fingerprint density at radius 2 is 2.11 bits per heavy atom. The molecule has 0 aliphatic carbocycles. The van der Waals surface area contributed by atoms with E-state index >= 15 is 0 Å². The van der Waals surface area contributed by atoms with Crippen LogP contribution in [0.25, 0.3) is 11.0 Å². The van der Waals surface area contributed by atoms with Gasteiger partial charge in [0, 0.05) is 23.7 Å². The molecule has 2 N–H and O–H groups in total. The second-order valence-electron chi connectivity index (χ2n) is 4.77. The fourth-order valence-electron chi connectivity index (χ4n) is 2.26. The Bertz CT molecular complexity index is 688. The van der Waals surface area contributed by atoms with E-state index < -0.39 is 0 Å². The number of aryl methyl sites for hydroxylation is 1. The molecule has 0 bridgehead atoms. The maximum atomic E-state index is 6.21. The number of nitrogens with two attached hydrogens (primary N) is 1. The summed E-state index contributed by atoms with van der Waals surface area (Å²) < 4.78 is 5.88. The highest BCUT2D eigenvalue weighted by atomic mass is 16.3. The monoisotopic (exact) mass is 252 g/mol. The Kier molecular flexibility index (Phi) is 3.05. The van der Waals surface area contributed by atoms with E-state index in [0.717, 1.165) is 28.0 Å². The Balaban J connectivity index is 1.89. The van der Waals surface area contributed by atoms with Crippen molar-refractivity contribution >= 4 is 11.0 Å². The lowest BCUT2D eigenvalue weighted by Gasteiger charge is -2.07. The molecule has 1 unspecified atom stereocenters. The zero-order valence-corrected chi connectivity index (χ0v) is 10.8. The van der Waals surface area contributed by atoms with Crippen molar-refractivity contribution in [2.45, 2.75) is 19.4 Å². The molecule has 3 aromatic rings. The van der Waals surface area contributed by atoms with Crippen molar-refractivity contribution in [3.63, 3.8) is 0 Å².